The zero-order valence-electron chi connectivity index (χ0n) is 16.5. The quantitative estimate of drug-likeness (QED) is 0.676. The number of fused-ring (bicyclic) bond motifs is 1. The molecule has 0 amide bonds. The number of rotatable bonds is 5. The second-order valence-corrected chi connectivity index (χ2v) is 7.00. The average Bonchev–Trinajstić information content (AvgIpc) is 3.21. The van der Waals surface area contributed by atoms with Gasteiger partial charge >= 0.3 is 6.18 Å². The first kappa shape index (κ1) is 20.0. The summed E-state index contributed by atoms with van der Waals surface area (Å²) < 4.78 is 51.8. The van der Waals surface area contributed by atoms with Crippen molar-refractivity contribution in [3.05, 3.63) is 36.3 Å². The third-order valence-corrected chi connectivity index (χ3v) is 4.99. The Morgan fingerprint density at radius 1 is 1.10 bits per heavy atom. The van der Waals surface area contributed by atoms with Crippen LogP contribution in [0.3, 0.4) is 0 Å². The van der Waals surface area contributed by atoms with E-state index in [2.05, 4.69) is 20.4 Å². The molecule has 0 spiro atoms. The minimum Gasteiger partial charge on any atom is -0.497 e. The fraction of sp³-hybridized carbons (Fsp3) is 0.421. The molecule has 1 N–H and O–H groups in total. The lowest BCUT2D eigenvalue weighted by Crippen LogP contribution is -2.43. The van der Waals surface area contributed by atoms with Crippen LogP contribution < -0.4 is 19.7 Å². The zero-order chi connectivity index (χ0) is 21.3. The van der Waals surface area contributed by atoms with Crippen LogP contribution in [0.5, 0.6) is 11.5 Å². The summed E-state index contributed by atoms with van der Waals surface area (Å²) >= 11 is 0. The van der Waals surface area contributed by atoms with Gasteiger partial charge in [-0.3, -0.25) is 0 Å². The van der Waals surface area contributed by atoms with Gasteiger partial charge in [0.1, 0.15) is 23.6 Å². The molecule has 160 valence electrons. The van der Waals surface area contributed by atoms with E-state index in [4.69, 9.17) is 9.47 Å². The minimum atomic E-state index is -4.56. The molecular formula is C19H21F3N6O2. The van der Waals surface area contributed by atoms with Crippen LogP contribution in [0.2, 0.25) is 0 Å². The summed E-state index contributed by atoms with van der Waals surface area (Å²) in [5, 5.41) is 7.48. The van der Waals surface area contributed by atoms with Crippen molar-refractivity contribution in [2.45, 2.75) is 25.1 Å². The van der Waals surface area contributed by atoms with E-state index in [0.717, 1.165) is 24.6 Å². The molecule has 4 rings (SSSR count). The monoisotopic (exact) mass is 422 g/mol. The number of nitrogens with one attached hydrogen (secondary N) is 1. The number of aromatic nitrogens is 4. The Bertz CT molecular complexity index is 1020. The van der Waals surface area contributed by atoms with Crippen LogP contribution in [0, 0.1) is 0 Å². The molecule has 30 heavy (non-hydrogen) atoms. The predicted octanol–water partition coefficient (Wildman–Crippen LogP) is 3.24. The smallest absolute Gasteiger partial charge is 0.433 e. The number of hydrogen-bond acceptors (Lipinski definition) is 7. The molecular weight excluding hydrogens is 401 g/mol. The number of nitrogens with zero attached hydrogens (tertiary/aromatic N) is 5. The summed E-state index contributed by atoms with van der Waals surface area (Å²) in [7, 11) is 3.15. The van der Waals surface area contributed by atoms with Crippen molar-refractivity contribution in [3.8, 4) is 11.5 Å². The van der Waals surface area contributed by atoms with E-state index in [1.165, 1.54) is 10.8 Å². The standard InChI is InChI=1S/C19H21F3N6O2/c1-29-14-6-13(7-15(8-14)30-2)25-12-4-3-5-27(10-12)17-9-16(19(20,21)22)26-18-23-11-24-28(17)18/h6-9,11-12,25H,3-5,10H2,1-2H3. The molecule has 0 saturated carbocycles. The van der Waals surface area contributed by atoms with Gasteiger partial charge in [0.2, 0.25) is 0 Å². The van der Waals surface area contributed by atoms with Crippen LogP contribution in [0.1, 0.15) is 18.5 Å². The van der Waals surface area contributed by atoms with Crippen molar-refractivity contribution in [3.63, 3.8) is 0 Å². The van der Waals surface area contributed by atoms with Crippen molar-refractivity contribution in [1.82, 2.24) is 19.6 Å². The maximum Gasteiger partial charge on any atom is 0.433 e. The Kier molecular flexibility index (Phi) is 5.27. The van der Waals surface area contributed by atoms with Gasteiger partial charge in [0.25, 0.3) is 5.78 Å². The third-order valence-electron chi connectivity index (χ3n) is 4.99. The Balaban J connectivity index is 1.60. The predicted molar refractivity (Wildman–Crippen MR) is 104 cm³/mol. The average molecular weight is 422 g/mol. The summed E-state index contributed by atoms with van der Waals surface area (Å²) in [6.45, 7) is 1.10. The SMILES string of the molecule is COc1cc(NC2CCCN(c3cc(C(F)(F)F)nc4ncnn34)C2)cc(OC)c1. The number of anilines is 2. The van der Waals surface area contributed by atoms with Crippen molar-refractivity contribution < 1.29 is 22.6 Å². The number of ether oxygens (including phenoxy) is 2. The molecule has 0 bridgehead atoms. The van der Waals surface area contributed by atoms with Crippen LogP contribution in [-0.2, 0) is 6.18 Å². The van der Waals surface area contributed by atoms with E-state index in [1.54, 1.807) is 20.3 Å². The van der Waals surface area contributed by atoms with E-state index in [9.17, 15) is 13.2 Å². The van der Waals surface area contributed by atoms with Crippen LogP contribution >= 0.6 is 0 Å². The highest BCUT2D eigenvalue weighted by atomic mass is 19.4. The van der Waals surface area contributed by atoms with Gasteiger partial charge in [-0.25, -0.2) is 4.98 Å². The number of benzene rings is 1. The Morgan fingerprint density at radius 3 is 2.50 bits per heavy atom. The molecule has 0 radical (unpaired) electrons. The fourth-order valence-corrected chi connectivity index (χ4v) is 3.60. The van der Waals surface area contributed by atoms with E-state index in [1.807, 2.05) is 17.0 Å². The highest BCUT2D eigenvalue weighted by Crippen LogP contribution is 2.32. The van der Waals surface area contributed by atoms with Gasteiger partial charge < -0.3 is 19.7 Å². The molecule has 1 atom stereocenters. The van der Waals surface area contributed by atoms with E-state index in [-0.39, 0.29) is 11.8 Å². The van der Waals surface area contributed by atoms with Crippen molar-refractivity contribution in [2.24, 2.45) is 0 Å². The molecule has 0 aliphatic carbocycles. The molecule has 2 aromatic heterocycles. The first-order chi connectivity index (χ1) is 14.4. The number of alkyl halides is 3. The molecule has 8 nitrogen and oxygen atoms in total. The lowest BCUT2D eigenvalue weighted by atomic mass is 10.0. The van der Waals surface area contributed by atoms with Crippen LogP contribution in [-0.4, -0.2) is 52.9 Å². The zero-order valence-corrected chi connectivity index (χ0v) is 16.5. The van der Waals surface area contributed by atoms with Crippen molar-refractivity contribution in [2.75, 3.05) is 37.5 Å². The van der Waals surface area contributed by atoms with Gasteiger partial charge in [-0.15, -0.1) is 0 Å². The first-order valence-corrected chi connectivity index (χ1v) is 9.40. The summed E-state index contributed by atoms with van der Waals surface area (Å²) in [6.07, 6.45) is -1.69. The Hall–Kier alpha value is -3.24. The van der Waals surface area contributed by atoms with Gasteiger partial charge in [-0.05, 0) is 12.8 Å². The molecule has 1 fully saturated rings. The summed E-state index contributed by atoms with van der Waals surface area (Å²) in [4.78, 5) is 9.30. The second-order valence-electron chi connectivity index (χ2n) is 7.00. The number of halogens is 3. The third kappa shape index (κ3) is 4.05. The van der Waals surface area contributed by atoms with Gasteiger partial charge in [-0.1, -0.05) is 0 Å². The number of piperidine rings is 1. The molecule has 1 aromatic carbocycles. The lowest BCUT2D eigenvalue weighted by Gasteiger charge is -2.35. The highest BCUT2D eigenvalue weighted by Gasteiger charge is 2.35. The topological polar surface area (TPSA) is 76.8 Å². The molecule has 3 heterocycles. The molecule has 3 aromatic rings. The lowest BCUT2D eigenvalue weighted by molar-refractivity contribution is -0.141. The van der Waals surface area contributed by atoms with Crippen molar-refractivity contribution in [1.29, 1.82) is 0 Å². The second kappa shape index (κ2) is 7.88. The molecule has 1 aliphatic heterocycles. The summed E-state index contributed by atoms with van der Waals surface area (Å²) in [5.41, 5.74) is -0.166. The maximum absolute atomic E-state index is 13.3. The Labute approximate surface area is 170 Å². The maximum atomic E-state index is 13.3. The van der Waals surface area contributed by atoms with Gasteiger partial charge in [0, 0.05) is 49.1 Å². The van der Waals surface area contributed by atoms with Crippen LogP contribution in [0.25, 0.3) is 5.78 Å². The molecule has 1 aliphatic rings. The van der Waals surface area contributed by atoms with Gasteiger partial charge in [0.15, 0.2) is 5.69 Å². The van der Waals surface area contributed by atoms with Gasteiger partial charge in [-0.2, -0.15) is 27.8 Å². The normalized spacial score (nSPS) is 17.2. The van der Waals surface area contributed by atoms with E-state index in [0.29, 0.717) is 30.4 Å². The number of methoxy groups -OCH3 is 2. The van der Waals surface area contributed by atoms with E-state index >= 15 is 0 Å². The van der Waals surface area contributed by atoms with E-state index < -0.39 is 11.9 Å². The largest absolute Gasteiger partial charge is 0.497 e. The molecule has 11 heteroatoms. The molecule has 1 saturated heterocycles. The first-order valence-electron chi connectivity index (χ1n) is 9.40. The number of hydrogen-bond donors (Lipinski definition) is 1. The fourth-order valence-electron chi connectivity index (χ4n) is 3.60. The molecule has 1 unspecified atom stereocenters. The minimum absolute atomic E-state index is 0.0108. The Morgan fingerprint density at radius 2 is 1.83 bits per heavy atom. The van der Waals surface area contributed by atoms with Gasteiger partial charge in [0.05, 0.1) is 14.2 Å². The highest BCUT2D eigenvalue weighted by molar-refractivity contribution is 5.55. The summed E-state index contributed by atoms with van der Waals surface area (Å²) in [5.74, 6) is 1.54. The van der Waals surface area contributed by atoms with Crippen LogP contribution in [0.4, 0.5) is 24.7 Å². The summed E-state index contributed by atoms with van der Waals surface area (Å²) in [6, 6.07) is 6.52. The van der Waals surface area contributed by atoms with Crippen LogP contribution in [0.15, 0.2) is 30.6 Å². The van der Waals surface area contributed by atoms with Crippen molar-refractivity contribution >= 4 is 17.3 Å².